The van der Waals surface area contributed by atoms with Crippen LogP contribution in [0.4, 0.5) is 43.9 Å². The molecule has 0 bridgehead atoms. The summed E-state index contributed by atoms with van der Waals surface area (Å²) in [5, 5.41) is 0. The van der Waals surface area contributed by atoms with Crippen LogP contribution in [0.2, 0.25) is 0 Å². The molecule has 3 aromatic rings. The van der Waals surface area contributed by atoms with Gasteiger partial charge in [-0.3, -0.25) is 0 Å². The fourth-order valence-corrected chi connectivity index (χ4v) is 4.76. The predicted octanol–water partition coefficient (Wildman–Crippen LogP) is 10.1. The van der Waals surface area contributed by atoms with E-state index in [0.29, 0.717) is 18.1 Å². The Balaban J connectivity index is 1.61. The maximum absolute atomic E-state index is 14.9. The number of rotatable bonds is 8. The fraction of sp³-hybridized carbons (Fsp3) is 0.267. The summed E-state index contributed by atoms with van der Waals surface area (Å²) >= 11 is 0. The minimum absolute atomic E-state index is 0.188. The molecule has 1 fully saturated rings. The third-order valence-corrected chi connectivity index (χ3v) is 6.89. The summed E-state index contributed by atoms with van der Waals surface area (Å²) in [5.74, 6) is -10.3. The molecule has 0 unspecified atom stereocenters. The molecule has 0 N–H and O–H groups in total. The minimum atomic E-state index is -5.24. The molecule has 0 aromatic heterocycles. The van der Waals surface area contributed by atoms with E-state index >= 15 is 0 Å². The monoisotopic (exact) mass is 588 g/mol. The van der Waals surface area contributed by atoms with Crippen molar-refractivity contribution in [2.45, 2.75) is 38.2 Å². The molecule has 0 atom stereocenters. The zero-order valence-corrected chi connectivity index (χ0v) is 21.2. The predicted molar refractivity (Wildman–Crippen MR) is 133 cm³/mol. The SMILES string of the molecule is C=CC1CCC(/C=C/c2cc(F)c(-c3cc(F)c(-c4cc(F)c(OC(F)(F)C(F)F)c(F)c4)c(F)c3)c(F)c2)CC1. The molecule has 3 aromatic carbocycles. The van der Waals surface area contributed by atoms with Gasteiger partial charge in [0.2, 0.25) is 0 Å². The zero-order chi connectivity index (χ0) is 30.1. The van der Waals surface area contributed by atoms with Gasteiger partial charge in [-0.1, -0.05) is 18.2 Å². The van der Waals surface area contributed by atoms with Crippen LogP contribution in [0.15, 0.2) is 55.1 Å². The van der Waals surface area contributed by atoms with Crippen LogP contribution in [0.25, 0.3) is 28.3 Å². The first kappa shape index (κ1) is 30.2. The van der Waals surface area contributed by atoms with Crippen molar-refractivity contribution in [3.63, 3.8) is 0 Å². The maximum Gasteiger partial charge on any atom is 0.461 e. The Morgan fingerprint density at radius 2 is 1.10 bits per heavy atom. The van der Waals surface area contributed by atoms with E-state index in [9.17, 15) is 43.9 Å². The van der Waals surface area contributed by atoms with E-state index in [2.05, 4.69) is 11.3 Å². The first-order valence-electron chi connectivity index (χ1n) is 12.4. The van der Waals surface area contributed by atoms with E-state index in [1.807, 2.05) is 12.2 Å². The van der Waals surface area contributed by atoms with Gasteiger partial charge in [0.1, 0.15) is 23.3 Å². The quantitative estimate of drug-likeness (QED) is 0.188. The molecule has 0 saturated heterocycles. The van der Waals surface area contributed by atoms with Crippen LogP contribution in [-0.4, -0.2) is 12.5 Å². The second-order valence-electron chi connectivity index (χ2n) is 9.68. The summed E-state index contributed by atoms with van der Waals surface area (Å²) in [6.07, 6.45) is -0.635. The van der Waals surface area contributed by atoms with Crippen LogP contribution in [-0.2, 0) is 0 Å². The highest BCUT2D eigenvalue weighted by Crippen LogP contribution is 2.38. The number of alkyl halides is 4. The van der Waals surface area contributed by atoms with Crippen LogP contribution in [0.1, 0.15) is 31.2 Å². The van der Waals surface area contributed by atoms with Crippen LogP contribution >= 0.6 is 0 Å². The molecule has 0 spiro atoms. The van der Waals surface area contributed by atoms with E-state index in [4.69, 9.17) is 0 Å². The summed E-state index contributed by atoms with van der Waals surface area (Å²) in [4.78, 5) is 0. The highest BCUT2D eigenvalue weighted by atomic mass is 19.3. The number of allylic oxidation sites excluding steroid dienone is 2. The average molecular weight is 588 g/mol. The molecule has 11 heteroatoms. The van der Waals surface area contributed by atoms with Crippen molar-refractivity contribution in [1.82, 2.24) is 0 Å². The molecule has 1 nitrogen and oxygen atoms in total. The van der Waals surface area contributed by atoms with E-state index in [1.165, 1.54) is 0 Å². The maximum atomic E-state index is 14.9. The number of hydrogen-bond donors (Lipinski definition) is 0. The summed E-state index contributed by atoms with van der Waals surface area (Å²) in [5.41, 5.74) is -3.04. The van der Waals surface area contributed by atoms with Gasteiger partial charge in [-0.05, 0) is 90.6 Å². The Morgan fingerprint density at radius 1 is 0.683 bits per heavy atom. The Bertz CT molecular complexity index is 1400. The molecule has 41 heavy (non-hydrogen) atoms. The van der Waals surface area contributed by atoms with Crippen molar-refractivity contribution in [3.8, 4) is 28.0 Å². The van der Waals surface area contributed by atoms with E-state index in [0.717, 1.165) is 37.8 Å². The van der Waals surface area contributed by atoms with Crippen molar-refractivity contribution >= 4 is 6.08 Å². The van der Waals surface area contributed by atoms with Crippen molar-refractivity contribution in [2.24, 2.45) is 11.8 Å². The Morgan fingerprint density at radius 3 is 1.54 bits per heavy atom. The van der Waals surface area contributed by atoms with Crippen LogP contribution in [0.3, 0.4) is 0 Å². The van der Waals surface area contributed by atoms with Crippen molar-refractivity contribution in [3.05, 3.63) is 95.6 Å². The molecule has 218 valence electrons. The van der Waals surface area contributed by atoms with Gasteiger partial charge >= 0.3 is 12.5 Å². The lowest BCUT2D eigenvalue weighted by Crippen LogP contribution is -2.34. The lowest BCUT2D eigenvalue weighted by atomic mass is 9.82. The highest BCUT2D eigenvalue weighted by Gasteiger charge is 2.45. The van der Waals surface area contributed by atoms with Gasteiger partial charge in [-0.2, -0.15) is 17.6 Å². The summed E-state index contributed by atoms with van der Waals surface area (Å²) in [7, 11) is 0. The average Bonchev–Trinajstić information content (AvgIpc) is 2.89. The molecular formula is C30H22F10O. The molecule has 1 aliphatic rings. The third-order valence-electron chi connectivity index (χ3n) is 6.89. The van der Waals surface area contributed by atoms with Gasteiger partial charge in [0.05, 0.1) is 11.1 Å². The molecule has 4 rings (SSSR count). The largest absolute Gasteiger partial charge is 0.461 e. The van der Waals surface area contributed by atoms with Crippen LogP contribution < -0.4 is 4.74 Å². The Kier molecular flexibility index (Phi) is 8.84. The smallest absolute Gasteiger partial charge is 0.422 e. The van der Waals surface area contributed by atoms with Crippen molar-refractivity contribution in [2.75, 3.05) is 0 Å². The van der Waals surface area contributed by atoms with Gasteiger partial charge in [-0.25, -0.2) is 26.3 Å². The van der Waals surface area contributed by atoms with Gasteiger partial charge < -0.3 is 4.74 Å². The molecule has 0 amide bonds. The Hall–Kier alpha value is -3.76. The normalized spacial score (nSPS) is 17.8. The molecule has 1 saturated carbocycles. The van der Waals surface area contributed by atoms with Gasteiger partial charge in [-0.15, -0.1) is 6.58 Å². The fourth-order valence-electron chi connectivity index (χ4n) is 4.76. The third kappa shape index (κ3) is 6.60. The van der Waals surface area contributed by atoms with Gasteiger partial charge in [0, 0.05) is 0 Å². The number of benzene rings is 3. The summed E-state index contributed by atoms with van der Waals surface area (Å²) < 4.78 is 143. The number of ether oxygens (including phenoxy) is 1. The van der Waals surface area contributed by atoms with Crippen LogP contribution in [0, 0.1) is 46.7 Å². The summed E-state index contributed by atoms with van der Waals surface area (Å²) in [6, 6.07) is 3.41. The van der Waals surface area contributed by atoms with Gasteiger partial charge in [0.25, 0.3) is 0 Å². The Labute approximate surface area is 228 Å². The number of halogens is 10. The van der Waals surface area contributed by atoms with Crippen LogP contribution in [0.5, 0.6) is 5.75 Å². The second-order valence-corrected chi connectivity index (χ2v) is 9.68. The van der Waals surface area contributed by atoms with Crippen molar-refractivity contribution in [1.29, 1.82) is 0 Å². The zero-order valence-electron chi connectivity index (χ0n) is 21.2. The standard InChI is InChI=1S/C30H22F10O/c1-2-15-3-5-16(6-4-15)7-8-17-9-20(31)26(21(32)10-17)18-11-22(33)27(23(34)12-18)19-13-24(35)28(25(36)14-19)41-30(39,40)29(37)38/h2,7-16,29H,1,3-6H2/b8-7+. The highest BCUT2D eigenvalue weighted by molar-refractivity contribution is 5.73. The van der Waals surface area contributed by atoms with Gasteiger partial charge in [0.15, 0.2) is 17.4 Å². The lowest BCUT2D eigenvalue weighted by Gasteiger charge is -2.24. The second kappa shape index (κ2) is 12.0. The molecule has 1 aliphatic carbocycles. The molecule has 0 aliphatic heterocycles. The first-order chi connectivity index (χ1) is 19.3. The first-order valence-corrected chi connectivity index (χ1v) is 12.4. The molecular weight excluding hydrogens is 566 g/mol. The van der Waals surface area contributed by atoms with E-state index < -0.39 is 75.4 Å². The molecule has 0 radical (unpaired) electrons. The topological polar surface area (TPSA) is 9.23 Å². The summed E-state index contributed by atoms with van der Waals surface area (Å²) in [6.45, 7) is 3.79. The number of hydrogen-bond acceptors (Lipinski definition) is 1. The lowest BCUT2D eigenvalue weighted by molar-refractivity contribution is -0.255. The van der Waals surface area contributed by atoms with Crippen molar-refractivity contribution < 1.29 is 48.6 Å². The molecule has 0 heterocycles. The van der Waals surface area contributed by atoms with E-state index in [-0.39, 0.29) is 23.6 Å². The minimum Gasteiger partial charge on any atom is -0.422 e. The van der Waals surface area contributed by atoms with E-state index in [1.54, 1.807) is 6.08 Å².